The number of H-pyrrole nitrogens is 1. The predicted molar refractivity (Wildman–Crippen MR) is 102 cm³/mol. The molecule has 2 heterocycles. The van der Waals surface area contributed by atoms with E-state index in [-0.39, 0.29) is 11.2 Å². The minimum Gasteiger partial charge on any atom is -0.319 e. The molecule has 0 radical (unpaired) electrons. The van der Waals surface area contributed by atoms with Crippen molar-refractivity contribution in [2.45, 2.75) is 6.92 Å². The molecule has 9 heteroatoms. The van der Waals surface area contributed by atoms with Gasteiger partial charge in [0.25, 0.3) is 11.2 Å². The maximum Gasteiger partial charge on any atom is 0.274 e. The van der Waals surface area contributed by atoms with Gasteiger partial charge in [-0.05, 0) is 12.1 Å². The van der Waals surface area contributed by atoms with E-state index in [0.29, 0.717) is 31.8 Å². The average molecular weight is 380 g/mol. The smallest absolute Gasteiger partial charge is 0.274 e. The minimum absolute atomic E-state index is 0.0821. The molecule has 2 aromatic heterocycles. The number of non-ortho nitro benzene ring substituents is 1. The number of aromatic amines is 1. The van der Waals surface area contributed by atoms with E-state index in [1.807, 2.05) is 6.07 Å². The number of nitrogens with zero attached hydrogens (tertiary/aromatic N) is 3. The van der Waals surface area contributed by atoms with Crippen molar-refractivity contribution >= 4 is 39.5 Å². The second-order valence-electron chi connectivity index (χ2n) is 5.81. The van der Waals surface area contributed by atoms with Crippen molar-refractivity contribution < 1.29 is 9.72 Å². The zero-order valence-corrected chi connectivity index (χ0v) is 14.8. The van der Waals surface area contributed by atoms with Gasteiger partial charge >= 0.3 is 0 Å². The number of carbonyl (C=O) groups is 1. The van der Waals surface area contributed by atoms with Crippen LogP contribution in [-0.2, 0) is 4.79 Å². The Morgan fingerprint density at radius 1 is 1.22 bits per heavy atom. The number of para-hydroxylation sites is 2. The number of fused-ring (bicyclic) bond motifs is 3. The van der Waals surface area contributed by atoms with Crippen LogP contribution in [0.2, 0.25) is 0 Å². The van der Waals surface area contributed by atoms with E-state index < -0.39 is 10.8 Å². The lowest BCUT2D eigenvalue weighted by Gasteiger charge is -2.03. The monoisotopic (exact) mass is 380 g/mol. The van der Waals surface area contributed by atoms with Gasteiger partial charge in [-0.25, -0.2) is 0 Å². The molecule has 0 aliphatic rings. The van der Waals surface area contributed by atoms with Crippen molar-refractivity contribution in [1.29, 1.82) is 0 Å². The third kappa shape index (κ3) is 2.83. The lowest BCUT2D eigenvalue weighted by molar-refractivity contribution is -0.384. The quantitative estimate of drug-likeness (QED) is 0.426. The minimum atomic E-state index is -0.493. The number of amides is 1. The highest BCUT2D eigenvalue weighted by Crippen LogP contribution is 2.30. The molecule has 4 rings (SSSR count). The SMILES string of the molecule is CC(=O)N=c1sc(-c2cccc([N+](=O)[O-])c2)c2c(=O)[nH]c3ccccc3n12. The van der Waals surface area contributed by atoms with Gasteiger partial charge in [0, 0.05) is 24.6 Å². The number of nitro benzene ring substituents is 1. The van der Waals surface area contributed by atoms with Crippen LogP contribution in [0.3, 0.4) is 0 Å². The number of benzene rings is 2. The zero-order chi connectivity index (χ0) is 19.1. The van der Waals surface area contributed by atoms with Gasteiger partial charge in [0.1, 0.15) is 5.52 Å². The van der Waals surface area contributed by atoms with Crippen molar-refractivity contribution in [1.82, 2.24) is 9.38 Å². The normalized spacial score (nSPS) is 12.0. The van der Waals surface area contributed by atoms with E-state index in [1.54, 1.807) is 34.7 Å². The molecular weight excluding hydrogens is 368 g/mol. The number of thiazole rings is 1. The Kier molecular flexibility index (Phi) is 3.93. The standard InChI is InChI=1S/C18H12N4O4S/c1-10(23)19-18-21-14-8-3-2-7-13(14)20-17(24)15(21)16(27-18)11-5-4-6-12(9-11)22(25)26/h2-9H,1H3,(H,20,24). The van der Waals surface area contributed by atoms with Crippen molar-refractivity contribution in [2.75, 3.05) is 0 Å². The van der Waals surface area contributed by atoms with Crippen LogP contribution in [0.4, 0.5) is 5.69 Å². The van der Waals surface area contributed by atoms with Crippen molar-refractivity contribution in [3.05, 3.63) is 73.8 Å². The number of carbonyl (C=O) groups excluding carboxylic acids is 1. The Labute approximate surface area is 155 Å². The van der Waals surface area contributed by atoms with Crippen molar-refractivity contribution in [3.8, 4) is 10.4 Å². The Bertz CT molecular complexity index is 1360. The molecule has 0 aliphatic carbocycles. The molecule has 0 aliphatic heterocycles. The van der Waals surface area contributed by atoms with Crippen molar-refractivity contribution in [2.24, 2.45) is 4.99 Å². The number of hydrogen-bond acceptors (Lipinski definition) is 5. The summed E-state index contributed by atoms with van der Waals surface area (Å²) in [6.45, 7) is 1.33. The number of rotatable bonds is 2. The molecule has 1 amide bonds. The Morgan fingerprint density at radius 3 is 2.74 bits per heavy atom. The van der Waals surface area contributed by atoms with Crippen LogP contribution < -0.4 is 10.4 Å². The second-order valence-corrected chi connectivity index (χ2v) is 6.78. The second kappa shape index (κ2) is 6.29. The maximum absolute atomic E-state index is 12.8. The summed E-state index contributed by atoms with van der Waals surface area (Å²) in [6.07, 6.45) is 0. The number of nitrogens with one attached hydrogen (secondary N) is 1. The molecule has 2 aromatic carbocycles. The van der Waals surface area contributed by atoms with Crippen LogP contribution in [-0.4, -0.2) is 20.2 Å². The molecule has 0 unspecified atom stereocenters. The first-order valence-corrected chi connectivity index (χ1v) is 8.74. The first kappa shape index (κ1) is 16.9. The van der Waals surface area contributed by atoms with E-state index in [1.165, 1.54) is 19.1 Å². The third-order valence-corrected chi connectivity index (χ3v) is 5.09. The zero-order valence-electron chi connectivity index (χ0n) is 14.0. The summed E-state index contributed by atoms with van der Waals surface area (Å²) in [4.78, 5) is 42.7. The van der Waals surface area contributed by atoms with Gasteiger partial charge in [0.2, 0.25) is 5.91 Å². The van der Waals surface area contributed by atoms with Crippen LogP contribution >= 0.6 is 11.3 Å². The van der Waals surface area contributed by atoms with Gasteiger partial charge in [0.05, 0.1) is 20.8 Å². The summed E-state index contributed by atoms with van der Waals surface area (Å²) in [5.41, 5.74) is 1.64. The Balaban J connectivity index is 2.19. The number of nitro groups is 1. The average Bonchev–Trinajstić information content (AvgIpc) is 3.01. The molecule has 8 nitrogen and oxygen atoms in total. The summed E-state index contributed by atoms with van der Waals surface area (Å²) in [5.74, 6) is -0.402. The van der Waals surface area contributed by atoms with Gasteiger partial charge < -0.3 is 4.98 Å². The Morgan fingerprint density at radius 2 is 2.00 bits per heavy atom. The van der Waals surface area contributed by atoms with Crippen LogP contribution in [0, 0.1) is 10.1 Å². The van der Waals surface area contributed by atoms with Gasteiger partial charge in [-0.1, -0.05) is 35.6 Å². The fourth-order valence-corrected chi connectivity index (χ4v) is 4.09. The largest absolute Gasteiger partial charge is 0.319 e. The molecule has 0 fully saturated rings. The summed E-state index contributed by atoms with van der Waals surface area (Å²) >= 11 is 1.14. The molecule has 134 valence electrons. The van der Waals surface area contributed by atoms with Crippen LogP contribution in [0.1, 0.15) is 6.92 Å². The predicted octanol–water partition coefficient (Wildman–Crippen LogP) is 2.86. The van der Waals surface area contributed by atoms with E-state index >= 15 is 0 Å². The molecular formula is C18H12N4O4S. The molecule has 27 heavy (non-hydrogen) atoms. The molecule has 0 saturated carbocycles. The van der Waals surface area contributed by atoms with Crippen LogP contribution in [0.25, 0.3) is 27.0 Å². The fraction of sp³-hybridized carbons (Fsp3) is 0.0556. The molecule has 0 spiro atoms. The fourth-order valence-electron chi connectivity index (χ4n) is 2.93. The first-order chi connectivity index (χ1) is 13.0. The van der Waals surface area contributed by atoms with Gasteiger partial charge in [-0.2, -0.15) is 4.99 Å². The lowest BCUT2D eigenvalue weighted by atomic mass is 10.1. The summed E-state index contributed by atoms with van der Waals surface area (Å²) in [6, 6.07) is 13.2. The first-order valence-electron chi connectivity index (χ1n) is 7.92. The molecule has 1 N–H and O–H groups in total. The number of hydrogen-bond donors (Lipinski definition) is 1. The highest BCUT2D eigenvalue weighted by atomic mass is 32.1. The van der Waals surface area contributed by atoms with E-state index in [2.05, 4.69) is 9.98 Å². The molecule has 0 atom stereocenters. The van der Waals surface area contributed by atoms with E-state index in [0.717, 1.165) is 11.3 Å². The van der Waals surface area contributed by atoms with Crippen molar-refractivity contribution in [3.63, 3.8) is 0 Å². The summed E-state index contributed by atoms with van der Waals surface area (Å²) in [5, 5.41) is 11.1. The summed E-state index contributed by atoms with van der Waals surface area (Å²) in [7, 11) is 0. The lowest BCUT2D eigenvalue weighted by Crippen LogP contribution is -2.17. The maximum atomic E-state index is 12.8. The third-order valence-electron chi connectivity index (χ3n) is 4.00. The summed E-state index contributed by atoms with van der Waals surface area (Å²) < 4.78 is 1.62. The van der Waals surface area contributed by atoms with Crippen LogP contribution in [0.15, 0.2) is 58.3 Å². The Hall–Kier alpha value is -3.59. The van der Waals surface area contributed by atoms with Crippen LogP contribution in [0.5, 0.6) is 0 Å². The number of aromatic nitrogens is 2. The highest BCUT2D eigenvalue weighted by molar-refractivity contribution is 7.13. The van der Waals surface area contributed by atoms with Gasteiger partial charge in [0.15, 0.2) is 4.80 Å². The molecule has 0 saturated heterocycles. The van der Waals surface area contributed by atoms with E-state index in [4.69, 9.17) is 0 Å². The van der Waals surface area contributed by atoms with E-state index in [9.17, 15) is 19.7 Å². The van der Waals surface area contributed by atoms with Gasteiger partial charge in [-0.3, -0.25) is 24.1 Å². The van der Waals surface area contributed by atoms with Gasteiger partial charge in [-0.15, -0.1) is 0 Å². The topological polar surface area (TPSA) is 110 Å². The molecule has 4 aromatic rings. The molecule has 0 bridgehead atoms. The highest BCUT2D eigenvalue weighted by Gasteiger charge is 2.17.